The zero-order valence-electron chi connectivity index (χ0n) is 8.46. The summed E-state index contributed by atoms with van der Waals surface area (Å²) >= 11 is 0. The Balaban J connectivity index is 2.29. The van der Waals surface area contributed by atoms with Gasteiger partial charge in [-0.05, 0) is 12.3 Å². The molecular weight excluding hydrogens is 164 g/mol. The van der Waals surface area contributed by atoms with Gasteiger partial charge in [-0.2, -0.15) is 0 Å². The highest BCUT2D eigenvalue weighted by molar-refractivity contribution is 5.69. The average Bonchev–Trinajstić information content (AvgIpc) is 2.32. The molecule has 0 amide bonds. The fraction of sp³-hybridized carbons (Fsp3) is 0.909. The SMILES string of the molecule is C[C@H](CC1CCCCCC1)C(=O)O. The van der Waals surface area contributed by atoms with Gasteiger partial charge >= 0.3 is 5.97 Å². The monoisotopic (exact) mass is 184 g/mol. The molecule has 0 aromatic carbocycles. The van der Waals surface area contributed by atoms with Crippen LogP contribution in [0.15, 0.2) is 0 Å². The number of hydrogen-bond donors (Lipinski definition) is 1. The van der Waals surface area contributed by atoms with E-state index in [0.29, 0.717) is 5.92 Å². The van der Waals surface area contributed by atoms with Crippen molar-refractivity contribution in [1.82, 2.24) is 0 Å². The highest BCUT2D eigenvalue weighted by atomic mass is 16.4. The lowest BCUT2D eigenvalue weighted by atomic mass is 9.90. The van der Waals surface area contributed by atoms with Gasteiger partial charge in [-0.1, -0.05) is 45.4 Å². The van der Waals surface area contributed by atoms with Crippen LogP contribution >= 0.6 is 0 Å². The van der Waals surface area contributed by atoms with Gasteiger partial charge in [0.1, 0.15) is 0 Å². The van der Waals surface area contributed by atoms with Gasteiger partial charge in [0.05, 0.1) is 5.92 Å². The van der Waals surface area contributed by atoms with Gasteiger partial charge in [-0.15, -0.1) is 0 Å². The van der Waals surface area contributed by atoms with E-state index in [9.17, 15) is 4.79 Å². The lowest BCUT2D eigenvalue weighted by molar-refractivity contribution is -0.141. The molecule has 1 atom stereocenters. The Morgan fingerprint density at radius 2 is 1.85 bits per heavy atom. The van der Waals surface area contributed by atoms with Crippen LogP contribution in [0.1, 0.15) is 51.9 Å². The Morgan fingerprint density at radius 1 is 1.31 bits per heavy atom. The van der Waals surface area contributed by atoms with Gasteiger partial charge in [0.25, 0.3) is 0 Å². The van der Waals surface area contributed by atoms with Gasteiger partial charge < -0.3 is 5.11 Å². The molecule has 13 heavy (non-hydrogen) atoms. The van der Waals surface area contributed by atoms with Gasteiger partial charge in [0.15, 0.2) is 0 Å². The second-order valence-corrected chi connectivity index (χ2v) is 4.33. The van der Waals surface area contributed by atoms with Crippen LogP contribution in [0, 0.1) is 11.8 Å². The molecule has 0 aromatic rings. The molecular formula is C11H20O2. The predicted octanol–water partition coefficient (Wildman–Crippen LogP) is 3.07. The van der Waals surface area contributed by atoms with Crippen LogP contribution in [0.3, 0.4) is 0 Å². The fourth-order valence-electron chi connectivity index (χ4n) is 2.20. The molecule has 0 bridgehead atoms. The number of rotatable bonds is 3. The van der Waals surface area contributed by atoms with E-state index >= 15 is 0 Å². The van der Waals surface area contributed by atoms with Crippen molar-refractivity contribution in [2.45, 2.75) is 51.9 Å². The van der Waals surface area contributed by atoms with Crippen molar-refractivity contribution in [2.24, 2.45) is 11.8 Å². The molecule has 2 nitrogen and oxygen atoms in total. The predicted molar refractivity (Wildman–Crippen MR) is 52.6 cm³/mol. The molecule has 2 heteroatoms. The Morgan fingerprint density at radius 3 is 2.31 bits per heavy atom. The Hall–Kier alpha value is -0.530. The molecule has 0 radical (unpaired) electrons. The van der Waals surface area contributed by atoms with E-state index in [-0.39, 0.29) is 5.92 Å². The molecule has 1 aliphatic rings. The van der Waals surface area contributed by atoms with E-state index in [1.54, 1.807) is 0 Å². The van der Waals surface area contributed by atoms with Gasteiger partial charge in [-0.25, -0.2) is 0 Å². The van der Waals surface area contributed by atoms with Crippen LogP contribution in [-0.4, -0.2) is 11.1 Å². The van der Waals surface area contributed by atoms with E-state index in [2.05, 4.69) is 0 Å². The van der Waals surface area contributed by atoms with Gasteiger partial charge in [0, 0.05) is 0 Å². The third-order valence-corrected chi connectivity index (χ3v) is 3.08. The Bertz CT molecular complexity index is 157. The molecule has 1 rings (SSSR count). The molecule has 76 valence electrons. The number of carbonyl (C=O) groups is 1. The lowest BCUT2D eigenvalue weighted by Gasteiger charge is -2.16. The van der Waals surface area contributed by atoms with Crippen LogP contribution in [0.2, 0.25) is 0 Å². The van der Waals surface area contributed by atoms with Crippen LogP contribution in [-0.2, 0) is 4.79 Å². The van der Waals surface area contributed by atoms with Crippen LogP contribution < -0.4 is 0 Å². The van der Waals surface area contributed by atoms with E-state index in [4.69, 9.17) is 5.11 Å². The first-order chi connectivity index (χ1) is 6.20. The minimum atomic E-state index is -0.635. The highest BCUT2D eigenvalue weighted by Gasteiger charge is 2.19. The standard InChI is InChI=1S/C11H20O2/c1-9(11(12)13)8-10-6-4-2-3-5-7-10/h9-10H,2-8H2,1H3,(H,12,13)/t9-/m1/s1. The van der Waals surface area contributed by atoms with E-state index in [1.165, 1.54) is 38.5 Å². The summed E-state index contributed by atoms with van der Waals surface area (Å²) in [4.78, 5) is 10.7. The van der Waals surface area contributed by atoms with Gasteiger partial charge in [0.2, 0.25) is 0 Å². The topological polar surface area (TPSA) is 37.3 Å². The lowest BCUT2D eigenvalue weighted by Crippen LogP contribution is -2.14. The maximum absolute atomic E-state index is 10.7. The highest BCUT2D eigenvalue weighted by Crippen LogP contribution is 2.27. The van der Waals surface area contributed by atoms with E-state index in [1.807, 2.05) is 6.92 Å². The van der Waals surface area contributed by atoms with E-state index < -0.39 is 5.97 Å². The normalized spacial score (nSPS) is 22.2. The number of carboxylic acid groups (broad SMARTS) is 1. The molecule has 0 unspecified atom stereocenters. The number of aliphatic carboxylic acids is 1. The fourth-order valence-corrected chi connectivity index (χ4v) is 2.20. The van der Waals surface area contributed by atoms with Crippen molar-refractivity contribution >= 4 is 5.97 Å². The largest absolute Gasteiger partial charge is 0.481 e. The third kappa shape index (κ3) is 3.79. The van der Waals surface area contributed by atoms with Crippen LogP contribution in [0.25, 0.3) is 0 Å². The van der Waals surface area contributed by atoms with Crippen molar-refractivity contribution in [3.05, 3.63) is 0 Å². The molecule has 1 N–H and O–H groups in total. The zero-order valence-corrected chi connectivity index (χ0v) is 8.46. The minimum Gasteiger partial charge on any atom is -0.481 e. The second kappa shape index (κ2) is 5.25. The zero-order chi connectivity index (χ0) is 9.68. The van der Waals surface area contributed by atoms with Crippen molar-refractivity contribution in [2.75, 3.05) is 0 Å². The molecule has 0 spiro atoms. The van der Waals surface area contributed by atoms with Gasteiger partial charge in [-0.3, -0.25) is 4.79 Å². The summed E-state index contributed by atoms with van der Waals surface area (Å²) in [7, 11) is 0. The van der Waals surface area contributed by atoms with Crippen LogP contribution in [0.4, 0.5) is 0 Å². The summed E-state index contributed by atoms with van der Waals surface area (Å²) in [5, 5.41) is 8.78. The molecule has 1 saturated carbocycles. The van der Waals surface area contributed by atoms with Crippen molar-refractivity contribution in [1.29, 1.82) is 0 Å². The first-order valence-corrected chi connectivity index (χ1v) is 5.43. The summed E-state index contributed by atoms with van der Waals surface area (Å²) < 4.78 is 0. The molecule has 0 aromatic heterocycles. The quantitative estimate of drug-likeness (QED) is 0.684. The minimum absolute atomic E-state index is 0.150. The number of hydrogen-bond acceptors (Lipinski definition) is 1. The summed E-state index contributed by atoms with van der Waals surface area (Å²) in [6.07, 6.45) is 8.68. The molecule has 0 heterocycles. The summed E-state index contributed by atoms with van der Waals surface area (Å²) in [5.41, 5.74) is 0. The average molecular weight is 184 g/mol. The molecule has 0 saturated heterocycles. The van der Waals surface area contributed by atoms with Crippen LogP contribution in [0.5, 0.6) is 0 Å². The first-order valence-electron chi connectivity index (χ1n) is 5.43. The number of carboxylic acids is 1. The van der Waals surface area contributed by atoms with Crippen molar-refractivity contribution in [3.63, 3.8) is 0 Å². The second-order valence-electron chi connectivity index (χ2n) is 4.33. The third-order valence-electron chi connectivity index (χ3n) is 3.08. The first kappa shape index (κ1) is 10.6. The molecule has 0 aliphatic heterocycles. The smallest absolute Gasteiger partial charge is 0.306 e. The Labute approximate surface area is 80.3 Å². The summed E-state index contributed by atoms with van der Waals surface area (Å²) in [6.45, 7) is 1.83. The summed E-state index contributed by atoms with van der Waals surface area (Å²) in [6, 6.07) is 0. The van der Waals surface area contributed by atoms with E-state index in [0.717, 1.165) is 6.42 Å². The maximum atomic E-state index is 10.7. The molecule has 1 aliphatic carbocycles. The van der Waals surface area contributed by atoms with Crippen molar-refractivity contribution in [3.8, 4) is 0 Å². The summed E-state index contributed by atoms with van der Waals surface area (Å²) in [5.74, 6) is -0.110. The van der Waals surface area contributed by atoms with Crippen molar-refractivity contribution < 1.29 is 9.90 Å². The molecule has 1 fully saturated rings. The Kier molecular flexibility index (Phi) is 4.26. The maximum Gasteiger partial charge on any atom is 0.306 e.